The van der Waals surface area contributed by atoms with Crippen LogP contribution in [-0.2, 0) is 6.54 Å². The zero-order chi connectivity index (χ0) is 21.3. The Labute approximate surface area is 171 Å². The lowest BCUT2D eigenvalue weighted by Gasteiger charge is -2.01. The highest BCUT2D eigenvalue weighted by atomic mass is 16.4. The van der Waals surface area contributed by atoms with Gasteiger partial charge in [-0.2, -0.15) is 5.26 Å². The average molecular weight is 398 g/mol. The first-order valence-electron chi connectivity index (χ1n) is 9.30. The monoisotopic (exact) mass is 398 g/mol. The molecule has 148 valence electrons. The van der Waals surface area contributed by atoms with Crippen molar-refractivity contribution in [3.8, 4) is 11.8 Å². The molecule has 0 atom stereocenters. The van der Waals surface area contributed by atoms with Gasteiger partial charge in [-0.3, -0.25) is 9.89 Å². The van der Waals surface area contributed by atoms with Crippen molar-refractivity contribution in [1.82, 2.24) is 14.3 Å². The summed E-state index contributed by atoms with van der Waals surface area (Å²) in [4.78, 5) is 24.1. The van der Waals surface area contributed by atoms with Gasteiger partial charge in [0.05, 0.1) is 34.3 Å². The molecule has 2 aromatic carbocycles. The second-order valence-corrected chi connectivity index (χ2v) is 6.84. The Balaban J connectivity index is 1.85. The van der Waals surface area contributed by atoms with Gasteiger partial charge in [0, 0.05) is 29.2 Å². The zero-order valence-corrected chi connectivity index (χ0v) is 16.0. The molecule has 0 aliphatic heterocycles. The number of aromatic carboxylic acids is 1. The lowest BCUT2D eigenvalue weighted by atomic mass is 10.1. The highest BCUT2D eigenvalue weighted by Crippen LogP contribution is 2.22. The summed E-state index contributed by atoms with van der Waals surface area (Å²) in [6.07, 6.45) is 4.11. The summed E-state index contributed by atoms with van der Waals surface area (Å²) in [7, 11) is 0. The van der Waals surface area contributed by atoms with E-state index in [2.05, 4.69) is 17.7 Å². The molecule has 2 N–H and O–H groups in total. The number of aryl methyl sites for hydroxylation is 1. The predicted molar refractivity (Wildman–Crippen MR) is 114 cm³/mol. The van der Waals surface area contributed by atoms with E-state index in [0.29, 0.717) is 29.2 Å². The van der Waals surface area contributed by atoms with Crippen LogP contribution in [-0.4, -0.2) is 25.4 Å². The van der Waals surface area contributed by atoms with Crippen LogP contribution in [0.5, 0.6) is 0 Å². The standard InChI is InChI=1S/C23H18N4O3/c1-15-20(22(28)27(25-15)18-9-7-16(8-10-18)23(29)30)13-17-14-26(12-4-11-24)21-6-3-2-5-19(17)21/h2-3,5-10,13-14,25H,1,4,12H2,(H,29,30). The maximum absolute atomic E-state index is 13.0. The molecule has 0 saturated carbocycles. The normalized spacial score (nSPS) is 11.6. The second-order valence-electron chi connectivity index (χ2n) is 6.84. The van der Waals surface area contributed by atoms with E-state index in [1.807, 2.05) is 35.0 Å². The molecule has 0 spiro atoms. The zero-order valence-electron chi connectivity index (χ0n) is 16.0. The number of para-hydroxylation sites is 1. The van der Waals surface area contributed by atoms with E-state index in [9.17, 15) is 9.59 Å². The molecule has 0 unspecified atom stereocenters. The van der Waals surface area contributed by atoms with Crippen molar-refractivity contribution in [2.24, 2.45) is 0 Å². The fourth-order valence-electron chi connectivity index (χ4n) is 3.48. The Morgan fingerprint density at radius 3 is 2.63 bits per heavy atom. The summed E-state index contributed by atoms with van der Waals surface area (Å²) in [5, 5.41) is 22.8. The summed E-state index contributed by atoms with van der Waals surface area (Å²) in [5.41, 5.74) is 2.23. The van der Waals surface area contributed by atoms with Crippen LogP contribution in [0.1, 0.15) is 22.3 Å². The van der Waals surface area contributed by atoms with Gasteiger partial charge in [-0.05, 0) is 36.4 Å². The largest absolute Gasteiger partial charge is 0.478 e. The molecular weight excluding hydrogens is 380 g/mol. The first-order valence-corrected chi connectivity index (χ1v) is 9.30. The number of aromatic nitrogens is 3. The maximum atomic E-state index is 13.0. The molecule has 4 aromatic rings. The molecule has 0 aliphatic rings. The van der Waals surface area contributed by atoms with E-state index >= 15 is 0 Å². The topological polar surface area (TPSA) is 104 Å². The van der Waals surface area contributed by atoms with Crippen LogP contribution in [0.2, 0.25) is 0 Å². The first kappa shape index (κ1) is 19.0. The molecule has 0 fully saturated rings. The van der Waals surface area contributed by atoms with Crippen molar-refractivity contribution in [3.05, 3.63) is 86.8 Å². The van der Waals surface area contributed by atoms with Gasteiger partial charge in [-0.1, -0.05) is 24.8 Å². The van der Waals surface area contributed by atoms with Gasteiger partial charge in [0.15, 0.2) is 0 Å². The lowest BCUT2D eigenvalue weighted by molar-refractivity contribution is 0.0697. The minimum atomic E-state index is -1.03. The third-order valence-electron chi connectivity index (χ3n) is 4.96. The maximum Gasteiger partial charge on any atom is 0.335 e. The van der Waals surface area contributed by atoms with Crippen molar-refractivity contribution >= 4 is 29.5 Å². The fourth-order valence-corrected chi connectivity index (χ4v) is 3.48. The fraction of sp³-hybridized carbons (Fsp3) is 0.0870. The Morgan fingerprint density at radius 1 is 1.20 bits per heavy atom. The number of H-pyrrole nitrogens is 1. The van der Waals surface area contributed by atoms with Crippen LogP contribution >= 0.6 is 0 Å². The number of fused-ring (bicyclic) bond motifs is 1. The summed E-state index contributed by atoms with van der Waals surface area (Å²) < 4.78 is 3.34. The summed E-state index contributed by atoms with van der Waals surface area (Å²) in [5.74, 6) is -1.03. The number of carboxylic acid groups (broad SMARTS) is 1. The van der Waals surface area contributed by atoms with Crippen molar-refractivity contribution < 1.29 is 9.90 Å². The number of rotatable bonds is 5. The quantitative estimate of drug-likeness (QED) is 0.536. The van der Waals surface area contributed by atoms with Gasteiger partial charge in [0.2, 0.25) is 0 Å². The van der Waals surface area contributed by atoms with Gasteiger partial charge in [-0.25, -0.2) is 9.48 Å². The number of hydrogen-bond acceptors (Lipinski definition) is 3. The first-order chi connectivity index (χ1) is 14.5. The number of carboxylic acids is 1. The number of nitriles is 1. The smallest absolute Gasteiger partial charge is 0.335 e. The number of hydrogen-bond donors (Lipinski definition) is 2. The molecule has 0 amide bonds. The molecule has 30 heavy (non-hydrogen) atoms. The summed E-state index contributed by atoms with van der Waals surface area (Å²) in [6.45, 7) is 4.52. The Hall–Kier alpha value is -4.31. The average Bonchev–Trinajstić information content (AvgIpc) is 3.25. The van der Waals surface area contributed by atoms with Gasteiger partial charge in [-0.15, -0.1) is 0 Å². The van der Waals surface area contributed by atoms with E-state index in [1.165, 1.54) is 16.8 Å². The molecule has 2 heterocycles. The van der Waals surface area contributed by atoms with E-state index in [0.717, 1.165) is 16.5 Å². The van der Waals surface area contributed by atoms with Crippen molar-refractivity contribution in [1.29, 1.82) is 5.26 Å². The lowest BCUT2D eigenvalue weighted by Crippen LogP contribution is -2.33. The molecule has 0 bridgehead atoms. The van der Waals surface area contributed by atoms with Crippen molar-refractivity contribution in [2.75, 3.05) is 0 Å². The summed E-state index contributed by atoms with van der Waals surface area (Å²) >= 11 is 0. The number of benzene rings is 2. The van der Waals surface area contributed by atoms with Crippen LogP contribution in [0.15, 0.2) is 59.5 Å². The Bertz CT molecular complexity index is 1460. The van der Waals surface area contributed by atoms with Crippen molar-refractivity contribution in [2.45, 2.75) is 13.0 Å². The van der Waals surface area contributed by atoms with Crippen LogP contribution < -0.4 is 16.1 Å². The van der Waals surface area contributed by atoms with E-state index in [4.69, 9.17) is 10.4 Å². The highest BCUT2D eigenvalue weighted by molar-refractivity contribution is 5.89. The number of aromatic amines is 1. The van der Waals surface area contributed by atoms with Gasteiger partial charge in [0.25, 0.3) is 5.56 Å². The van der Waals surface area contributed by atoms with Crippen LogP contribution in [0.25, 0.3) is 29.2 Å². The molecule has 7 heteroatoms. The minimum absolute atomic E-state index is 0.144. The van der Waals surface area contributed by atoms with Crippen LogP contribution in [0.4, 0.5) is 0 Å². The van der Waals surface area contributed by atoms with Crippen LogP contribution in [0.3, 0.4) is 0 Å². The molecular formula is C23H18N4O3. The van der Waals surface area contributed by atoms with E-state index < -0.39 is 5.97 Å². The van der Waals surface area contributed by atoms with E-state index in [-0.39, 0.29) is 11.1 Å². The molecule has 0 saturated heterocycles. The third kappa shape index (κ3) is 3.31. The Morgan fingerprint density at radius 2 is 1.93 bits per heavy atom. The van der Waals surface area contributed by atoms with Gasteiger partial charge >= 0.3 is 5.97 Å². The molecule has 0 aliphatic carbocycles. The SMILES string of the molecule is C=c1[nH]n(-c2ccc(C(=O)O)cc2)c(=O)c1=Cc1cn(CCC#N)c2ccccc12. The number of carbonyl (C=O) groups is 1. The van der Waals surface area contributed by atoms with Gasteiger partial charge in [0.1, 0.15) is 0 Å². The van der Waals surface area contributed by atoms with E-state index in [1.54, 1.807) is 18.2 Å². The Kier molecular flexibility index (Phi) is 4.82. The van der Waals surface area contributed by atoms with Gasteiger partial charge < -0.3 is 9.67 Å². The third-order valence-corrected chi connectivity index (χ3v) is 4.96. The van der Waals surface area contributed by atoms with Crippen LogP contribution in [0, 0.1) is 11.3 Å². The number of nitrogens with one attached hydrogen (secondary N) is 1. The minimum Gasteiger partial charge on any atom is -0.478 e. The summed E-state index contributed by atoms with van der Waals surface area (Å²) in [6, 6.07) is 16.0. The molecule has 2 aromatic heterocycles. The molecule has 0 radical (unpaired) electrons. The molecule has 4 rings (SSSR count). The van der Waals surface area contributed by atoms with Crippen molar-refractivity contribution in [3.63, 3.8) is 0 Å². The predicted octanol–water partition coefficient (Wildman–Crippen LogP) is 1.97. The second kappa shape index (κ2) is 7.60. The molecule has 7 nitrogen and oxygen atoms in total. The number of nitrogens with zero attached hydrogens (tertiary/aromatic N) is 3. The highest BCUT2D eigenvalue weighted by Gasteiger charge is 2.10.